The Morgan fingerprint density at radius 2 is 2.25 bits per heavy atom. The number of aliphatic hydroxyl groups is 1. The molecule has 2 rings (SSSR count). The van der Waals surface area contributed by atoms with Gasteiger partial charge in [0.05, 0.1) is 18.9 Å². The average molecular weight is 295 g/mol. The Balaban J connectivity index is 1.93. The van der Waals surface area contributed by atoms with Crippen LogP contribution in [0, 0.1) is 6.92 Å². The third-order valence-corrected chi connectivity index (χ3v) is 4.05. The summed E-state index contributed by atoms with van der Waals surface area (Å²) in [6.45, 7) is 2.27. The zero-order valence-corrected chi connectivity index (χ0v) is 11.9. The third kappa shape index (κ3) is 3.93. The van der Waals surface area contributed by atoms with Crippen molar-refractivity contribution < 1.29 is 19.4 Å². The van der Waals surface area contributed by atoms with Gasteiger partial charge in [0, 0.05) is 16.2 Å². The van der Waals surface area contributed by atoms with Crippen LogP contribution in [0.2, 0.25) is 0 Å². The molecule has 2 atom stereocenters. The molecule has 0 aliphatic heterocycles. The molecule has 0 spiro atoms. The van der Waals surface area contributed by atoms with Gasteiger partial charge in [-0.2, -0.15) is 0 Å². The highest BCUT2D eigenvalue weighted by Gasteiger charge is 2.23. The summed E-state index contributed by atoms with van der Waals surface area (Å²) in [5, 5.41) is 22.2. The van der Waals surface area contributed by atoms with Crippen molar-refractivity contribution in [2.75, 3.05) is 0 Å². The van der Waals surface area contributed by atoms with Crippen LogP contribution in [0.4, 0.5) is 0 Å². The fraction of sp³-hybridized carbons (Fsp3) is 0.357. The van der Waals surface area contributed by atoms with Gasteiger partial charge in [0.15, 0.2) is 0 Å². The van der Waals surface area contributed by atoms with E-state index in [0.717, 1.165) is 9.75 Å². The van der Waals surface area contributed by atoms with Gasteiger partial charge in [0.1, 0.15) is 11.8 Å². The van der Waals surface area contributed by atoms with Crippen molar-refractivity contribution in [1.29, 1.82) is 0 Å². The van der Waals surface area contributed by atoms with E-state index in [0.29, 0.717) is 12.3 Å². The lowest BCUT2D eigenvalue weighted by Gasteiger charge is -2.17. The number of hydrogen-bond acceptors (Lipinski definition) is 5. The molecule has 3 N–H and O–H groups in total. The molecule has 0 saturated carbocycles. The van der Waals surface area contributed by atoms with Crippen molar-refractivity contribution in [1.82, 2.24) is 5.32 Å². The number of aliphatic hydroxyl groups excluding tert-OH is 1. The first-order chi connectivity index (χ1) is 9.56. The van der Waals surface area contributed by atoms with E-state index in [1.807, 2.05) is 19.1 Å². The number of rotatable bonds is 7. The maximum absolute atomic E-state index is 11.2. The number of aryl methyl sites for hydroxylation is 1. The van der Waals surface area contributed by atoms with Crippen molar-refractivity contribution in [3.63, 3.8) is 0 Å². The Morgan fingerprint density at radius 3 is 2.80 bits per heavy atom. The molecule has 0 radical (unpaired) electrons. The van der Waals surface area contributed by atoms with Gasteiger partial charge in [-0.15, -0.1) is 11.3 Å². The summed E-state index contributed by atoms with van der Waals surface area (Å²) in [7, 11) is 0. The van der Waals surface area contributed by atoms with Gasteiger partial charge in [0.2, 0.25) is 0 Å². The highest BCUT2D eigenvalue weighted by atomic mass is 32.1. The van der Waals surface area contributed by atoms with Gasteiger partial charge in [-0.25, -0.2) is 0 Å². The lowest BCUT2D eigenvalue weighted by Crippen LogP contribution is -2.37. The quantitative estimate of drug-likeness (QED) is 0.730. The van der Waals surface area contributed by atoms with Gasteiger partial charge in [0.25, 0.3) is 0 Å². The summed E-state index contributed by atoms with van der Waals surface area (Å²) < 4.78 is 5.14. The zero-order valence-electron chi connectivity index (χ0n) is 11.1. The molecule has 0 saturated heterocycles. The number of carboxylic acid groups (broad SMARTS) is 1. The molecule has 0 aromatic carbocycles. The van der Waals surface area contributed by atoms with Crippen molar-refractivity contribution in [2.45, 2.75) is 32.0 Å². The topological polar surface area (TPSA) is 82.7 Å². The van der Waals surface area contributed by atoms with Crippen molar-refractivity contribution in [3.8, 4) is 0 Å². The molecule has 0 aliphatic carbocycles. The zero-order chi connectivity index (χ0) is 14.5. The van der Waals surface area contributed by atoms with Gasteiger partial charge < -0.3 is 14.6 Å². The molecule has 20 heavy (non-hydrogen) atoms. The smallest absolute Gasteiger partial charge is 0.320 e. The predicted molar refractivity (Wildman–Crippen MR) is 75.6 cm³/mol. The molecule has 2 aromatic rings. The summed E-state index contributed by atoms with van der Waals surface area (Å²) in [4.78, 5) is 13.1. The fourth-order valence-electron chi connectivity index (χ4n) is 1.88. The average Bonchev–Trinajstić information content (AvgIpc) is 3.04. The van der Waals surface area contributed by atoms with Crippen molar-refractivity contribution in [2.24, 2.45) is 0 Å². The molecular weight excluding hydrogens is 278 g/mol. The van der Waals surface area contributed by atoms with E-state index in [1.165, 1.54) is 17.6 Å². The largest absolute Gasteiger partial charge is 0.480 e. The minimum atomic E-state index is -0.983. The molecule has 108 valence electrons. The maximum Gasteiger partial charge on any atom is 0.320 e. The minimum absolute atomic E-state index is 0.121. The van der Waals surface area contributed by atoms with Gasteiger partial charge in [-0.3, -0.25) is 10.1 Å². The molecule has 0 fully saturated rings. The number of carbonyl (C=O) groups is 1. The van der Waals surface area contributed by atoms with Crippen LogP contribution in [-0.2, 0) is 11.3 Å². The van der Waals surface area contributed by atoms with Crippen LogP contribution in [0.5, 0.6) is 0 Å². The second-order valence-electron chi connectivity index (χ2n) is 4.55. The Bertz CT molecular complexity index is 549. The summed E-state index contributed by atoms with van der Waals surface area (Å²) in [6.07, 6.45) is 0.880. The second-order valence-corrected chi connectivity index (χ2v) is 5.87. The van der Waals surface area contributed by atoms with Gasteiger partial charge in [-0.1, -0.05) is 0 Å². The van der Waals surface area contributed by atoms with Crippen LogP contribution < -0.4 is 5.32 Å². The standard InChI is InChI=1S/C14H17NO4S/c1-9-4-5-13(20-9)12(16)7-11(14(17)18)15-8-10-3-2-6-19-10/h2-6,11-12,15-16H,7-8H2,1H3,(H,17,18)/t11-,12+/m1/s1. The van der Waals surface area contributed by atoms with Crippen molar-refractivity contribution in [3.05, 3.63) is 46.0 Å². The molecule has 5 nitrogen and oxygen atoms in total. The number of aliphatic carboxylic acids is 1. The minimum Gasteiger partial charge on any atom is -0.480 e. The number of thiophene rings is 1. The fourth-order valence-corrected chi connectivity index (χ4v) is 2.76. The predicted octanol–water partition coefficient (Wildman–Crippen LogP) is 2.32. The molecule has 2 aromatic heterocycles. The Labute approximate surface area is 120 Å². The molecule has 2 heterocycles. The van der Waals surface area contributed by atoms with Crippen LogP contribution in [0.25, 0.3) is 0 Å². The maximum atomic E-state index is 11.2. The number of nitrogens with one attached hydrogen (secondary N) is 1. The van der Waals surface area contributed by atoms with Crippen LogP contribution in [0.1, 0.15) is 28.0 Å². The Kier molecular flexibility index (Phi) is 4.94. The lowest BCUT2D eigenvalue weighted by molar-refractivity contribution is -0.140. The van der Waals surface area contributed by atoms with Crippen molar-refractivity contribution >= 4 is 17.3 Å². The molecule has 0 aliphatic rings. The second kappa shape index (κ2) is 6.69. The van der Waals surface area contributed by atoms with Crippen LogP contribution in [0.15, 0.2) is 34.9 Å². The molecule has 0 amide bonds. The van der Waals surface area contributed by atoms with E-state index < -0.39 is 18.1 Å². The molecular formula is C14H17NO4S. The highest BCUT2D eigenvalue weighted by Crippen LogP contribution is 2.26. The number of furan rings is 1. The first kappa shape index (κ1) is 14.8. The third-order valence-electron chi connectivity index (χ3n) is 2.95. The number of hydrogen-bond donors (Lipinski definition) is 3. The van der Waals surface area contributed by atoms with Crippen LogP contribution in [0.3, 0.4) is 0 Å². The molecule has 0 bridgehead atoms. The van der Waals surface area contributed by atoms with E-state index in [1.54, 1.807) is 12.1 Å². The monoisotopic (exact) mass is 295 g/mol. The highest BCUT2D eigenvalue weighted by molar-refractivity contribution is 7.12. The van der Waals surface area contributed by atoms with Gasteiger partial charge >= 0.3 is 5.97 Å². The van der Waals surface area contributed by atoms with Crippen LogP contribution >= 0.6 is 11.3 Å². The Morgan fingerprint density at radius 1 is 1.45 bits per heavy atom. The lowest BCUT2D eigenvalue weighted by atomic mass is 10.1. The first-order valence-electron chi connectivity index (χ1n) is 6.29. The van der Waals surface area contributed by atoms with E-state index in [9.17, 15) is 15.0 Å². The molecule has 0 unspecified atom stereocenters. The Hall–Kier alpha value is -1.63. The van der Waals surface area contributed by atoms with Crippen LogP contribution in [-0.4, -0.2) is 22.2 Å². The first-order valence-corrected chi connectivity index (χ1v) is 7.11. The SMILES string of the molecule is Cc1ccc([C@@H](O)C[C@@H](NCc2ccco2)C(=O)O)s1. The summed E-state index contributed by atoms with van der Waals surface area (Å²) in [5.41, 5.74) is 0. The van der Waals surface area contributed by atoms with E-state index >= 15 is 0 Å². The van der Waals surface area contributed by atoms with Gasteiger partial charge in [-0.05, 0) is 31.2 Å². The summed E-state index contributed by atoms with van der Waals surface area (Å²) >= 11 is 1.48. The summed E-state index contributed by atoms with van der Waals surface area (Å²) in [6, 6.07) is 6.43. The van der Waals surface area contributed by atoms with E-state index in [-0.39, 0.29) is 6.42 Å². The molecule has 6 heteroatoms. The summed E-state index contributed by atoms with van der Waals surface area (Å²) in [5.74, 6) is -0.318. The normalized spacial score (nSPS) is 14.1. The van der Waals surface area contributed by atoms with E-state index in [4.69, 9.17) is 4.42 Å². The van der Waals surface area contributed by atoms with E-state index in [2.05, 4.69) is 5.32 Å². The number of carboxylic acids is 1.